The molecule has 0 fully saturated rings. The van der Waals surface area contributed by atoms with E-state index in [4.69, 9.17) is 0 Å². The molecule has 0 bridgehead atoms. The fourth-order valence-electron chi connectivity index (χ4n) is 4.32. The zero-order valence-corrected chi connectivity index (χ0v) is 16.6. The van der Waals surface area contributed by atoms with Gasteiger partial charge < -0.3 is 14.9 Å². The molecule has 5 rings (SSSR count). The van der Waals surface area contributed by atoms with E-state index in [1.807, 2.05) is 67.5 Å². The lowest BCUT2D eigenvalue weighted by Gasteiger charge is -2.19. The third-order valence-electron chi connectivity index (χ3n) is 5.69. The highest BCUT2D eigenvalue weighted by atomic mass is 16.1. The number of hydrogen-bond acceptors (Lipinski definition) is 3. The summed E-state index contributed by atoms with van der Waals surface area (Å²) in [5.41, 5.74) is 4.72. The fourth-order valence-corrected chi connectivity index (χ4v) is 4.32. The maximum absolute atomic E-state index is 13.4. The van der Waals surface area contributed by atoms with Gasteiger partial charge in [0.25, 0.3) is 0 Å². The highest BCUT2D eigenvalue weighted by molar-refractivity contribution is 6.13. The molecule has 5 aromatic rings. The molecule has 0 aliphatic heterocycles. The van der Waals surface area contributed by atoms with Gasteiger partial charge in [-0.15, -0.1) is 0 Å². The number of aryl methyl sites for hydroxylation is 1. The van der Waals surface area contributed by atoms with Gasteiger partial charge in [0, 0.05) is 30.4 Å². The van der Waals surface area contributed by atoms with Crippen LogP contribution in [-0.2, 0) is 6.42 Å². The molecule has 0 saturated heterocycles. The predicted octanol–water partition coefficient (Wildman–Crippen LogP) is 4.30. The van der Waals surface area contributed by atoms with Crippen LogP contribution in [0.15, 0.2) is 58.1 Å². The van der Waals surface area contributed by atoms with Crippen molar-refractivity contribution in [2.24, 2.45) is 0 Å². The molecular weight excluding hydrogens is 362 g/mol. The van der Waals surface area contributed by atoms with Crippen molar-refractivity contribution in [3.05, 3.63) is 74.5 Å². The summed E-state index contributed by atoms with van der Waals surface area (Å²) < 4.78 is 0. The molecule has 0 amide bonds. The monoisotopic (exact) mass is 383 g/mol. The Morgan fingerprint density at radius 2 is 1.55 bits per heavy atom. The average Bonchev–Trinajstić information content (AvgIpc) is 2.72. The number of fused-ring (bicyclic) bond motifs is 4. The molecule has 3 aromatic carbocycles. The molecule has 0 atom stereocenters. The summed E-state index contributed by atoms with van der Waals surface area (Å²) in [4.78, 5) is 35.5. The maximum atomic E-state index is 13.4. The first kappa shape index (κ1) is 17.5. The zero-order chi connectivity index (χ0) is 20.3. The molecule has 29 heavy (non-hydrogen) atoms. The SMILES string of the molecule is CCc1cccc2c(=O)c3cc4[nH]c5ccccc5c(=O)c4c(N(C)C)c3[nH]c12. The van der Waals surface area contributed by atoms with E-state index in [9.17, 15) is 9.59 Å². The number of aromatic amines is 2. The molecule has 0 aliphatic carbocycles. The van der Waals surface area contributed by atoms with Crippen molar-refractivity contribution < 1.29 is 0 Å². The number of rotatable bonds is 2. The van der Waals surface area contributed by atoms with Crippen LogP contribution < -0.4 is 15.8 Å². The Balaban J connectivity index is 2.11. The molecule has 0 unspecified atom stereocenters. The topological polar surface area (TPSA) is 69.0 Å². The van der Waals surface area contributed by atoms with Gasteiger partial charge in [-0.1, -0.05) is 31.2 Å². The summed E-state index contributed by atoms with van der Waals surface area (Å²) in [6.07, 6.45) is 0.814. The van der Waals surface area contributed by atoms with Crippen LogP contribution in [0, 0.1) is 0 Å². The largest absolute Gasteiger partial charge is 0.375 e. The van der Waals surface area contributed by atoms with Crippen LogP contribution in [0.4, 0.5) is 5.69 Å². The smallest absolute Gasteiger partial charge is 0.199 e. The van der Waals surface area contributed by atoms with Crippen molar-refractivity contribution >= 4 is 49.3 Å². The molecule has 5 heteroatoms. The lowest BCUT2D eigenvalue weighted by Crippen LogP contribution is -2.17. The highest BCUT2D eigenvalue weighted by Gasteiger charge is 2.18. The number of anilines is 1. The third-order valence-corrected chi connectivity index (χ3v) is 5.69. The average molecular weight is 383 g/mol. The number of nitrogens with one attached hydrogen (secondary N) is 2. The summed E-state index contributed by atoms with van der Waals surface area (Å²) in [6, 6.07) is 15.1. The Kier molecular flexibility index (Phi) is 3.74. The second kappa shape index (κ2) is 6.21. The number of para-hydroxylation sites is 2. The van der Waals surface area contributed by atoms with Gasteiger partial charge in [-0.05, 0) is 36.2 Å². The first-order valence-corrected chi connectivity index (χ1v) is 9.74. The van der Waals surface area contributed by atoms with Crippen LogP contribution in [0.5, 0.6) is 0 Å². The van der Waals surface area contributed by atoms with Gasteiger partial charge in [0.1, 0.15) is 0 Å². The molecule has 0 spiro atoms. The first-order valence-electron chi connectivity index (χ1n) is 9.74. The van der Waals surface area contributed by atoms with E-state index in [1.165, 1.54) is 0 Å². The van der Waals surface area contributed by atoms with E-state index < -0.39 is 0 Å². The van der Waals surface area contributed by atoms with Crippen molar-refractivity contribution in [2.75, 3.05) is 19.0 Å². The fraction of sp³-hybridized carbons (Fsp3) is 0.167. The highest BCUT2D eigenvalue weighted by Crippen LogP contribution is 2.32. The number of aromatic nitrogens is 2. The maximum Gasteiger partial charge on any atom is 0.199 e. The van der Waals surface area contributed by atoms with E-state index in [0.717, 1.165) is 28.7 Å². The van der Waals surface area contributed by atoms with Crippen molar-refractivity contribution in [3.8, 4) is 0 Å². The minimum Gasteiger partial charge on any atom is -0.375 e. The summed E-state index contributed by atoms with van der Waals surface area (Å²) in [5.74, 6) is 0. The minimum atomic E-state index is -0.0373. The number of pyridine rings is 2. The summed E-state index contributed by atoms with van der Waals surface area (Å²) >= 11 is 0. The number of benzene rings is 3. The van der Waals surface area contributed by atoms with Crippen LogP contribution >= 0.6 is 0 Å². The van der Waals surface area contributed by atoms with Crippen LogP contribution in [0.2, 0.25) is 0 Å². The zero-order valence-electron chi connectivity index (χ0n) is 16.6. The summed E-state index contributed by atoms with van der Waals surface area (Å²) in [5, 5.41) is 2.47. The number of nitrogens with zero attached hydrogens (tertiary/aromatic N) is 1. The van der Waals surface area contributed by atoms with Gasteiger partial charge in [0.15, 0.2) is 10.9 Å². The van der Waals surface area contributed by atoms with E-state index in [-0.39, 0.29) is 10.9 Å². The lowest BCUT2D eigenvalue weighted by molar-refractivity contribution is 1.13. The Morgan fingerprint density at radius 3 is 2.31 bits per heavy atom. The summed E-state index contributed by atoms with van der Waals surface area (Å²) in [7, 11) is 3.80. The molecular formula is C24H21N3O2. The number of H-pyrrole nitrogens is 2. The minimum absolute atomic E-state index is 0.0249. The molecule has 2 N–H and O–H groups in total. The Bertz CT molecular complexity index is 1560. The second-order valence-electron chi connectivity index (χ2n) is 7.61. The standard InChI is InChI=1S/C24H21N3O2/c1-4-13-8-7-10-15-20(13)26-21-16(23(15)28)12-18-19(22(21)27(2)3)24(29)14-9-5-6-11-17(14)25-18/h5-12H,4H2,1-3H3,(H,25,29)(H,26,28). The quantitative estimate of drug-likeness (QED) is 0.447. The normalized spacial score (nSPS) is 11.7. The van der Waals surface area contributed by atoms with Gasteiger partial charge >= 0.3 is 0 Å². The Labute approximate surface area is 166 Å². The predicted molar refractivity (Wildman–Crippen MR) is 121 cm³/mol. The van der Waals surface area contributed by atoms with Gasteiger partial charge in [-0.2, -0.15) is 0 Å². The Morgan fingerprint density at radius 1 is 0.793 bits per heavy atom. The second-order valence-corrected chi connectivity index (χ2v) is 7.61. The molecule has 0 aliphatic rings. The van der Waals surface area contributed by atoms with Crippen molar-refractivity contribution in [3.63, 3.8) is 0 Å². The van der Waals surface area contributed by atoms with Crippen LogP contribution in [0.1, 0.15) is 12.5 Å². The van der Waals surface area contributed by atoms with Gasteiger partial charge in [0.2, 0.25) is 0 Å². The molecule has 144 valence electrons. The third kappa shape index (κ3) is 2.40. The van der Waals surface area contributed by atoms with E-state index in [0.29, 0.717) is 32.6 Å². The molecule has 2 heterocycles. The van der Waals surface area contributed by atoms with E-state index in [2.05, 4.69) is 16.9 Å². The molecule has 0 saturated carbocycles. The summed E-state index contributed by atoms with van der Waals surface area (Å²) in [6.45, 7) is 2.07. The van der Waals surface area contributed by atoms with Gasteiger partial charge in [-0.3, -0.25) is 9.59 Å². The van der Waals surface area contributed by atoms with Crippen molar-refractivity contribution in [1.29, 1.82) is 0 Å². The molecule has 0 radical (unpaired) electrons. The van der Waals surface area contributed by atoms with Crippen LogP contribution in [0.3, 0.4) is 0 Å². The van der Waals surface area contributed by atoms with Crippen molar-refractivity contribution in [1.82, 2.24) is 9.97 Å². The molecule has 2 aromatic heterocycles. The van der Waals surface area contributed by atoms with E-state index in [1.54, 1.807) is 0 Å². The van der Waals surface area contributed by atoms with Gasteiger partial charge in [0.05, 0.1) is 33.0 Å². The lowest BCUT2D eigenvalue weighted by atomic mass is 10.0. The molecule has 5 nitrogen and oxygen atoms in total. The van der Waals surface area contributed by atoms with Crippen molar-refractivity contribution in [2.45, 2.75) is 13.3 Å². The van der Waals surface area contributed by atoms with Gasteiger partial charge in [-0.25, -0.2) is 0 Å². The van der Waals surface area contributed by atoms with Crippen LogP contribution in [0.25, 0.3) is 43.6 Å². The number of hydrogen-bond donors (Lipinski definition) is 2. The van der Waals surface area contributed by atoms with Crippen LogP contribution in [-0.4, -0.2) is 24.1 Å². The first-order chi connectivity index (χ1) is 14.0. The Hall–Kier alpha value is -3.60. The van der Waals surface area contributed by atoms with E-state index >= 15 is 0 Å².